The van der Waals surface area contributed by atoms with E-state index in [9.17, 15) is 4.79 Å². The van der Waals surface area contributed by atoms with Crippen LogP contribution in [0.1, 0.15) is 45.1 Å². The summed E-state index contributed by atoms with van der Waals surface area (Å²) in [6.45, 7) is 6.56. The molecular formula is C17H26ClNO3. The fourth-order valence-corrected chi connectivity index (χ4v) is 2.40. The second-order valence-corrected chi connectivity index (χ2v) is 6.06. The van der Waals surface area contributed by atoms with Crippen LogP contribution in [0.5, 0.6) is 5.75 Å². The smallest absolute Gasteiger partial charge is 0.320 e. The van der Waals surface area contributed by atoms with Crippen molar-refractivity contribution >= 4 is 17.6 Å². The maximum Gasteiger partial charge on any atom is 0.320 e. The Bertz CT molecular complexity index is 479. The number of carboxylic acid groups (broad SMARTS) is 1. The number of aliphatic carboxylic acids is 1. The van der Waals surface area contributed by atoms with Gasteiger partial charge in [0, 0.05) is 11.1 Å². The van der Waals surface area contributed by atoms with Crippen molar-refractivity contribution in [2.75, 3.05) is 6.61 Å². The Morgan fingerprint density at radius 2 is 2.14 bits per heavy atom. The van der Waals surface area contributed by atoms with Gasteiger partial charge >= 0.3 is 5.97 Å². The minimum absolute atomic E-state index is 0.156. The van der Waals surface area contributed by atoms with Crippen LogP contribution in [0.3, 0.4) is 0 Å². The number of nitrogens with one attached hydrogen (secondary N) is 1. The molecule has 1 aromatic carbocycles. The summed E-state index contributed by atoms with van der Waals surface area (Å²) in [7, 11) is 0. The lowest BCUT2D eigenvalue weighted by Crippen LogP contribution is -2.42. The molecule has 0 spiro atoms. The molecule has 2 unspecified atom stereocenters. The van der Waals surface area contributed by atoms with Gasteiger partial charge in [0.15, 0.2) is 0 Å². The highest BCUT2D eigenvalue weighted by molar-refractivity contribution is 6.31. The summed E-state index contributed by atoms with van der Waals surface area (Å²) in [6, 6.07) is 5.31. The van der Waals surface area contributed by atoms with Gasteiger partial charge in [-0.2, -0.15) is 0 Å². The Morgan fingerprint density at radius 3 is 2.73 bits per heavy atom. The summed E-state index contributed by atoms with van der Waals surface area (Å²) < 4.78 is 5.69. The molecule has 0 bridgehead atoms. The van der Waals surface area contributed by atoms with Crippen LogP contribution in [-0.2, 0) is 4.79 Å². The van der Waals surface area contributed by atoms with Crippen LogP contribution < -0.4 is 10.1 Å². The van der Waals surface area contributed by atoms with E-state index in [1.165, 1.54) is 0 Å². The zero-order chi connectivity index (χ0) is 16.5. The minimum atomic E-state index is -0.776. The number of halogens is 1. The van der Waals surface area contributed by atoms with Gasteiger partial charge in [-0.15, -0.1) is 0 Å². The van der Waals surface area contributed by atoms with Crippen molar-refractivity contribution in [3.05, 3.63) is 28.8 Å². The van der Waals surface area contributed by atoms with E-state index >= 15 is 0 Å². The summed E-state index contributed by atoms with van der Waals surface area (Å²) in [5.41, 5.74) is 0.998. The van der Waals surface area contributed by atoms with Crippen molar-refractivity contribution in [2.45, 2.75) is 58.5 Å². The molecule has 2 atom stereocenters. The standard InChI is InChI=1S/C17H26ClNO3/c1-4-6-16(17(20)21)19-13(3)7-5-10-22-14-8-9-15(18)12(2)11-14/h8-9,11,13,16,19H,4-7,10H2,1-3H3,(H,20,21). The van der Waals surface area contributed by atoms with E-state index in [1.54, 1.807) is 0 Å². The summed E-state index contributed by atoms with van der Waals surface area (Å²) >= 11 is 5.97. The molecule has 0 aliphatic heterocycles. The Kier molecular flexibility index (Phi) is 8.28. The lowest BCUT2D eigenvalue weighted by molar-refractivity contribution is -0.139. The molecule has 22 heavy (non-hydrogen) atoms. The fourth-order valence-electron chi connectivity index (χ4n) is 2.28. The molecule has 4 nitrogen and oxygen atoms in total. The van der Waals surface area contributed by atoms with E-state index < -0.39 is 12.0 Å². The highest BCUT2D eigenvalue weighted by Crippen LogP contribution is 2.21. The van der Waals surface area contributed by atoms with Crippen LogP contribution in [0.4, 0.5) is 0 Å². The van der Waals surface area contributed by atoms with E-state index in [1.807, 2.05) is 39.0 Å². The summed E-state index contributed by atoms with van der Waals surface area (Å²) in [5.74, 6) is 0.0403. The maximum atomic E-state index is 11.1. The Hall–Kier alpha value is -1.26. The van der Waals surface area contributed by atoms with E-state index in [4.69, 9.17) is 21.4 Å². The minimum Gasteiger partial charge on any atom is -0.494 e. The molecule has 0 aliphatic rings. The SMILES string of the molecule is CCCC(NC(C)CCCOc1ccc(Cl)c(C)c1)C(=O)O. The number of hydrogen-bond acceptors (Lipinski definition) is 3. The number of aryl methyl sites for hydroxylation is 1. The monoisotopic (exact) mass is 327 g/mol. The first-order valence-corrected chi connectivity index (χ1v) is 8.19. The van der Waals surface area contributed by atoms with E-state index in [2.05, 4.69) is 5.32 Å². The van der Waals surface area contributed by atoms with E-state index in [0.29, 0.717) is 13.0 Å². The first-order chi connectivity index (χ1) is 10.4. The number of carbonyl (C=O) groups is 1. The molecule has 1 aromatic rings. The van der Waals surface area contributed by atoms with Crippen LogP contribution >= 0.6 is 11.6 Å². The van der Waals surface area contributed by atoms with Gasteiger partial charge in [-0.1, -0.05) is 24.9 Å². The van der Waals surface area contributed by atoms with Crippen LogP contribution in [-0.4, -0.2) is 29.8 Å². The molecule has 0 saturated heterocycles. The summed E-state index contributed by atoms with van der Waals surface area (Å²) in [6.07, 6.45) is 3.25. The van der Waals surface area contributed by atoms with Crippen molar-refractivity contribution in [3.8, 4) is 5.75 Å². The van der Waals surface area contributed by atoms with Gasteiger partial charge in [0.1, 0.15) is 11.8 Å². The molecule has 0 aliphatic carbocycles. The number of rotatable bonds is 10. The van der Waals surface area contributed by atoms with Gasteiger partial charge in [-0.05, 0) is 56.9 Å². The topological polar surface area (TPSA) is 58.6 Å². The van der Waals surface area contributed by atoms with Gasteiger partial charge in [0.2, 0.25) is 0 Å². The molecule has 2 N–H and O–H groups in total. The zero-order valence-electron chi connectivity index (χ0n) is 13.6. The molecule has 0 aromatic heterocycles. The average molecular weight is 328 g/mol. The second kappa shape index (κ2) is 9.70. The van der Waals surface area contributed by atoms with Gasteiger partial charge in [0.05, 0.1) is 6.61 Å². The molecule has 0 radical (unpaired) electrons. The van der Waals surface area contributed by atoms with Crippen LogP contribution in [0.2, 0.25) is 5.02 Å². The third-order valence-electron chi connectivity index (χ3n) is 3.54. The zero-order valence-corrected chi connectivity index (χ0v) is 14.3. The largest absolute Gasteiger partial charge is 0.494 e. The number of carboxylic acids is 1. The molecule has 0 fully saturated rings. The predicted molar refractivity (Wildman–Crippen MR) is 89.8 cm³/mol. The molecular weight excluding hydrogens is 302 g/mol. The third-order valence-corrected chi connectivity index (χ3v) is 3.96. The predicted octanol–water partition coefficient (Wildman–Crippen LogP) is 4.04. The van der Waals surface area contributed by atoms with E-state index in [0.717, 1.165) is 35.6 Å². The Balaban J connectivity index is 2.28. The normalized spacial score (nSPS) is 13.6. The van der Waals surface area contributed by atoms with Crippen LogP contribution in [0.15, 0.2) is 18.2 Å². The van der Waals surface area contributed by atoms with E-state index in [-0.39, 0.29) is 6.04 Å². The van der Waals surface area contributed by atoms with Gasteiger partial charge in [-0.25, -0.2) is 0 Å². The lowest BCUT2D eigenvalue weighted by Gasteiger charge is -2.19. The third kappa shape index (κ3) is 6.67. The van der Waals surface area contributed by atoms with Crippen molar-refractivity contribution in [3.63, 3.8) is 0 Å². The molecule has 5 heteroatoms. The van der Waals surface area contributed by atoms with Gasteiger partial charge in [-0.3, -0.25) is 4.79 Å². The van der Waals surface area contributed by atoms with Gasteiger partial charge < -0.3 is 15.2 Å². The van der Waals surface area contributed by atoms with Crippen molar-refractivity contribution in [2.24, 2.45) is 0 Å². The van der Waals surface area contributed by atoms with Crippen molar-refractivity contribution in [1.29, 1.82) is 0 Å². The highest BCUT2D eigenvalue weighted by Gasteiger charge is 2.17. The molecule has 0 amide bonds. The quantitative estimate of drug-likeness (QED) is 0.637. The fraction of sp³-hybridized carbons (Fsp3) is 0.588. The second-order valence-electron chi connectivity index (χ2n) is 5.65. The average Bonchev–Trinajstić information content (AvgIpc) is 2.46. The van der Waals surface area contributed by atoms with Gasteiger partial charge in [0.25, 0.3) is 0 Å². The number of benzene rings is 1. The Labute approximate surface area is 137 Å². The summed E-state index contributed by atoms with van der Waals surface area (Å²) in [4.78, 5) is 11.1. The molecule has 0 saturated carbocycles. The summed E-state index contributed by atoms with van der Waals surface area (Å²) in [5, 5.41) is 13.0. The molecule has 124 valence electrons. The van der Waals surface area contributed by atoms with Crippen molar-refractivity contribution in [1.82, 2.24) is 5.32 Å². The van der Waals surface area contributed by atoms with Crippen LogP contribution in [0, 0.1) is 6.92 Å². The highest BCUT2D eigenvalue weighted by atomic mass is 35.5. The number of ether oxygens (including phenoxy) is 1. The lowest BCUT2D eigenvalue weighted by atomic mass is 10.1. The first-order valence-electron chi connectivity index (χ1n) is 7.81. The number of hydrogen-bond donors (Lipinski definition) is 2. The van der Waals surface area contributed by atoms with Crippen molar-refractivity contribution < 1.29 is 14.6 Å². The van der Waals surface area contributed by atoms with Crippen LogP contribution in [0.25, 0.3) is 0 Å². The maximum absolute atomic E-state index is 11.1. The molecule has 1 rings (SSSR count). The first kappa shape index (κ1) is 18.8. The Morgan fingerprint density at radius 1 is 1.41 bits per heavy atom. The molecule has 0 heterocycles.